The molecule has 2 amide bonds. The first-order valence-corrected chi connectivity index (χ1v) is 14.4. The van der Waals surface area contributed by atoms with Gasteiger partial charge < -0.3 is 10.2 Å². The third-order valence-corrected chi connectivity index (χ3v) is 8.08. The first-order valence-electron chi connectivity index (χ1n) is 12.9. The summed E-state index contributed by atoms with van der Waals surface area (Å²) in [7, 11) is -4.24. The summed E-state index contributed by atoms with van der Waals surface area (Å²) in [5.41, 5.74) is 3.07. The molecule has 0 saturated heterocycles. The number of hydrogen-bond donors (Lipinski definition) is 1. The van der Waals surface area contributed by atoms with Gasteiger partial charge in [-0.15, -0.1) is 0 Å². The number of carbonyl (C=O) groups is 2. The Morgan fingerprint density at radius 2 is 1.41 bits per heavy atom. The summed E-state index contributed by atoms with van der Waals surface area (Å²) in [6, 6.07) is 17.9. The van der Waals surface area contributed by atoms with Crippen LogP contribution in [0.3, 0.4) is 0 Å². The minimum Gasteiger partial charge on any atom is -0.352 e. The maximum Gasteiger partial charge on any atom is 0.264 e. The molecule has 0 aliphatic heterocycles. The highest BCUT2D eigenvalue weighted by molar-refractivity contribution is 7.92. The molecule has 0 spiro atoms. The third kappa shape index (κ3) is 7.66. The van der Waals surface area contributed by atoms with Gasteiger partial charge in [0.25, 0.3) is 10.0 Å². The van der Waals surface area contributed by atoms with E-state index in [4.69, 9.17) is 0 Å². The predicted octanol–water partition coefficient (Wildman–Crippen LogP) is 4.97. The topological polar surface area (TPSA) is 86.8 Å². The molecule has 1 N–H and O–H groups in total. The first-order chi connectivity index (χ1) is 18.4. The minimum atomic E-state index is -4.24. The van der Waals surface area contributed by atoms with E-state index in [1.54, 1.807) is 24.3 Å². The van der Waals surface area contributed by atoms with Gasteiger partial charge in [0.15, 0.2) is 0 Å². The largest absolute Gasteiger partial charge is 0.352 e. The summed E-state index contributed by atoms with van der Waals surface area (Å²) in [4.78, 5) is 28.4. The van der Waals surface area contributed by atoms with Gasteiger partial charge in [-0.1, -0.05) is 54.4 Å². The molecule has 0 heterocycles. The summed E-state index contributed by atoms with van der Waals surface area (Å²) in [5.74, 6) is -1.41. The molecule has 0 aliphatic rings. The van der Waals surface area contributed by atoms with E-state index in [1.165, 1.54) is 17.0 Å². The van der Waals surface area contributed by atoms with Crippen molar-refractivity contribution in [2.24, 2.45) is 0 Å². The lowest BCUT2D eigenvalue weighted by molar-refractivity contribution is -0.140. The third-order valence-electron chi connectivity index (χ3n) is 6.29. The van der Waals surface area contributed by atoms with Crippen LogP contribution in [0.15, 0.2) is 77.7 Å². The molecule has 3 aromatic carbocycles. The van der Waals surface area contributed by atoms with E-state index in [2.05, 4.69) is 5.32 Å². The van der Waals surface area contributed by atoms with Crippen LogP contribution in [0.2, 0.25) is 0 Å². The van der Waals surface area contributed by atoms with Crippen LogP contribution in [-0.4, -0.2) is 43.8 Å². The second-order valence-electron chi connectivity index (χ2n) is 9.90. The Morgan fingerprint density at radius 3 is 1.92 bits per heavy atom. The predicted molar refractivity (Wildman–Crippen MR) is 151 cm³/mol. The number of aryl methyl sites for hydroxylation is 2. The summed E-state index contributed by atoms with van der Waals surface area (Å²) in [6.45, 7) is 8.90. The lowest BCUT2D eigenvalue weighted by Crippen LogP contribution is -2.53. The molecular formula is C30H36FN3O4S. The van der Waals surface area contributed by atoms with Crippen molar-refractivity contribution in [1.29, 1.82) is 0 Å². The van der Waals surface area contributed by atoms with Crippen molar-refractivity contribution >= 4 is 27.5 Å². The van der Waals surface area contributed by atoms with Gasteiger partial charge >= 0.3 is 0 Å². The van der Waals surface area contributed by atoms with Crippen LogP contribution in [0.25, 0.3) is 0 Å². The second kappa shape index (κ2) is 12.9. The van der Waals surface area contributed by atoms with E-state index in [9.17, 15) is 22.4 Å². The standard InChI is InChI=1S/C30H36FN3O4S/c1-6-28(30(36)32-21(2)3)33(19-24-11-7-22(4)8-12-24)29(35)20-34(26-15-9-23(5)10-16-26)39(37,38)27-17-13-25(31)14-18-27/h7-18,21,28H,6,19-20H2,1-5H3,(H,32,36)/t28-/m0/s1. The summed E-state index contributed by atoms with van der Waals surface area (Å²) in [5, 5.41) is 2.88. The van der Waals surface area contributed by atoms with Crippen LogP contribution in [0.5, 0.6) is 0 Å². The van der Waals surface area contributed by atoms with Crippen molar-refractivity contribution in [3.63, 3.8) is 0 Å². The van der Waals surface area contributed by atoms with Crippen molar-refractivity contribution in [3.8, 4) is 0 Å². The number of nitrogens with one attached hydrogen (secondary N) is 1. The Bertz CT molecular complexity index is 1370. The van der Waals surface area contributed by atoms with Crippen molar-refractivity contribution < 1.29 is 22.4 Å². The Kier molecular flexibility index (Phi) is 9.86. The highest BCUT2D eigenvalue weighted by Crippen LogP contribution is 2.25. The average Bonchev–Trinajstić information content (AvgIpc) is 2.88. The average molecular weight is 554 g/mol. The molecule has 0 bridgehead atoms. The number of nitrogens with zero attached hydrogens (tertiary/aromatic N) is 2. The van der Waals surface area contributed by atoms with E-state index in [1.807, 2.05) is 58.9 Å². The van der Waals surface area contributed by atoms with Crippen molar-refractivity contribution in [2.45, 2.75) is 64.6 Å². The normalized spacial score (nSPS) is 12.2. The number of rotatable bonds is 11. The molecule has 0 aliphatic carbocycles. The number of sulfonamides is 1. The van der Waals surface area contributed by atoms with Crippen LogP contribution in [0.4, 0.5) is 10.1 Å². The quantitative estimate of drug-likeness (QED) is 0.363. The van der Waals surface area contributed by atoms with Gasteiger partial charge in [0, 0.05) is 12.6 Å². The zero-order chi connectivity index (χ0) is 28.7. The number of benzene rings is 3. The SMILES string of the molecule is CC[C@@H](C(=O)NC(C)C)N(Cc1ccc(C)cc1)C(=O)CN(c1ccc(C)cc1)S(=O)(=O)c1ccc(F)cc1. The van der Waals surface area contributed by atoms with Gasteiger partial charge in [-0.25, -0.2) is 12.8 Å². The summed E-state index contributed by atoms with van der Waals surface area (Å²) < 4.78 is 42.1. The minimum absolute atomic E-state index is 0.126. The van der Waals surface area contributed by atoms with Gasteiger partial charge in [0.05, 0.1) is 10.6 Å². The fourth-order valence-electron chi connectivity index (χ4n) is 4.16. The van der Waals surface area contributed by atoms with Crippen molar-refractivity contribution in [3.05, 3.63) is 95.3 Å². The van der Waals surface area contributed by atoms with Crippen molar-refractivity contribution in [1.82, 2.24) is 10.2 Å². The van der Waals surface area contributed by atoms with Crippen LogP contribution < -0.4 is 9.62 Å². The molecule has 7 nitrogen and oxygen atoms in total. The van der Waals surface area contributed by atoms with Crippen molar-refractivity contribution in [2.75, 3.05) is 10.8 Å². The van der Waals surface area contributed by atoms with Crippen LogP contribution in [0.1, 0.15) is 43.9 Å². The molecule has 0 unspecified atom stereocenters. The Labute approximate surface area is 230 Å². The number of anilines is 1. The molecule has 0 radical (unpaired) electrons. The molecule has 9 heteroatoms. The van der Waals surface area contributed by atoms with Crippen LogP contribution >= 0.6 is 0 Å². The zero-order valence-corrected chi connectivity index (χ0v) is 23.8. The van der Waals surface area contributed by atoms with E-state index >= 15 is 0 Å². The monoisotopic (exact) mass is 553 g/mol. The second-order valence-corrected chi connectivity index (χ2v) is 11.8. The number of amides is 2. The molecule has 208 valence electrons. The molecule has 0 saturated carbocycles. The molecule has 0 fully saturated rings. The van der Waals surface area contributed by atoms with Gasteiger partial charge in [0.1, 0.15) is 18.4 Å². The summed E-state index contributed by atoms with van der Waals surface area (Å²) >= 11 is 0. The number of hydrogen-bond acceptors (Lipinski definition) is 4. The van der Waals surface area contributed by atoms with E-state index in [-0.39, 0.29) is 29.1 Å². The molecule has 3 aromatic rings. The lowest BCUT2D eigenvalue weighted by atomic mass is 10.1. The molecule has 0 aromatic heterocycles. The highest BCUT2D eigenvalue weighted by Gasteiger charge is 2.33. The van der Waals surface area contributed by atoms with Gasteiger partial charge in [-0.05, 0) is 76.1 Å². The number of halogens is 1. The zero-order valence-electron chi connectivity index (χ0n) is 23.0. The Morgan fingerprint density at radius 1 is 0.872 bits per heavy atom. The maximum absolute atomic E-state index is 14.0. The fraction of sp³-hybridized carbons (Fsp3) is 0.333. The Balaban J connectivity index is 2.05. The van der Waals surface area contributed by atoms with Crippen LogP contribution in [0, 0.1) is 19.7 Å². The fourth-order valence-corrected chi connectivity index (χ4v) is 5.58. The lowest BCUT2D eigenvalue weighted by Gasteiger charge is -2.33. The Hall–Kier alpha value is -3.72. The smallest absolute Gasteiger partial charge is 0.264 e. The molecule has 1 atom stereocenters. The van der Waals surface area contributed by atoms with E-state index in [0.717, 1.165) is 33.1 Å². The molecule has 3 rings (SSSR count). The highest BCUT2D eigenvalue weighted by atomic mass is 32.2. The summed E-state index contributed by atoms with van der Waals surface area (Å²) in [6.07, 6.45) is 0.339. The molecular weight excluding hydrogens is 517 g/mol. The van der Waals surface area contributed by atoms with Gasteiger partial charge in [-0.2, -0.15) is 0 Å². The van der Waals surface area contributed by atoms with E-state index in [0.29, 0.717) is 6.42 Å². The maximum atomic E-state index is 14.0. The number of carbonyl (C=O) groups excluding carboxylic acids is 2. The van der Waals surface area contributed by atoms with Gasteiger partial charge in [0.2, 0.25) is 11.8 Å². The molecule has 39 heavy (non-hydrogen) atoms. The van der Waals surface area contributed by atoms with E-state index < -0.39 is 34.3 Å². The first kappa shape index (κ1) is 29.8. The van der Waals surface area contributed by atoms with Crippen LogP contribution in [-0.2, 0) is 26.2 Å². The van der Waals surface area contributed by atoms with Gasteiger partial charge in [-0.3, -0.25) is 13.9 Å².